The molecule has 1 aromatic rings. The SMILES string of the molecule is CCOc1cc(F)ccc1NC(=O)NC1CCCC1(C)CO. The maximum Gasteiger partial charge on any atom is 0.319 e. The third-order valence-corrected chi connectivity index (χ3v) is 4.24. The molecule has 2 rings (SSSR count). The number of carbonyl (C=O) groups is 1. The van der Waals surface area contributed by atoms with Crippen LogP contribution < -0.4 is 15.4 Å². The van der Waals surface area contributed by atoms with Gasteiger partial charge < -0.3 is 20.5 Å². The van der Waals surface area contributed by atoms with Gasteiger partial charge in [-0.05, 0) is 31.9 Å². The highest BCUT2D eigenvalue weighted by Gasteiger charge is 2.39. The number of anilines is 1. The summed E-state index contributed by atoms with van der Waals surface area (Å²) in [6, 6.07) is 3.53. The Kier molecular flexibility index (Phi) is 5.24. The first-order chi connectivity index (χ1) is 10.5. The number of halogens is 1. The molecule has 0 heterocycles. The number of nitrogens with one attached hydrogen (secondary N) is 2. The number of hydrogen-bond acceptors (Lipinski definition) is 3. The normalized spacial score (nSPS) is 24.1. The van der Waals surface area contributed by atoms with Gasteiger partial charge in [-0.3, -0.25) is 0 Å². The summed E-state index contributed by atoms with van der Waals surface area (Å²) < 4.78 is 18.6. The molecule has 2 unspecified atom stereocenters. The highest BCUT2D eigenvalue weighted by Crippen LogP contribution is 2.37. The number of urea groups is 1. The van der Waals surface area contributed by atoms with Crippen molar-refractivity contribution in [3.8, 4) is 5.75 Å². The van der Waals surface area contributed by atoms with Crippen molar-refractivity contribution in [3.05, 3.63) is 24.0 Å². The van der Waals surface area contributed by atoms with Gasteiger partial charge in [0.05, 0.1) is 18.9 Å². The van der Waals surface area contributed by atoms with Gasteiger partial charge in [0.1, 0.15) is 11.6 Å². The molecule has 3 N–H and O–H groups in total. The molecule has 122 valence electrons. The number of hydrogen-bond donors (Lipinski definition) is 3. The van der Waals surface area contributed by atoms with Gasteiger partial charge in [0.15, 0.2) is 0 Å². The second-order valence-corrected chi connectivity index (χ2v) is 5.93. The lowest BCUT2D eigenvalue weighted by Crippen LogP contribution is -2.46. The Morgan fingerprint density at radius 1 is 1.55 bits per heavy atom. The van der Waals surface area contributed by atoms with Crippen molar-refractivity contribution >= 4 is 11.7 Å². The number of carbonyl (C=O) groups excluding carboxylic acids is 1. The molecule has 0 spiro atoms. The Balaban J connectivity index is 2.03. The summed E-state index contributed by atoms with van der Waals surface area (Å²) in [4.78, 5) is 12.2. The molecule has 1 aliphatic rings. The van der Waals surface area contributed by atoms with E-state index in [1.807, 2.05) is 6.92 Å². The van der Waals surface area contributed by atoms with Gasteiger partial charge in [0, 0.05) is 17.5 Å². The fourth-order valence-corrected chi connectivity index (χ4v) is 2.86. The van der Waals surface area contributed by atoms with Gasteiger partial charge in [-0.25, -0.2) is 9.18 Å². The second kappa shape index (κ2) is 6.96. The molecule has 1 fully saturated rings. The minimum absolute atomic E-state index is 0.0404. The molecule has 6 heteroatoms. The summed E-state index contributed by atoms with van der Waals surface area (Å²) in [5.74, 6) is -0.118. The zero-order valence-electron chi connectivity index (χ0n) is 13.0. The van der Waals surface area contributed by atoms with Crippen molar-refractivity contribution in [2.24, 2.45) is 5.41 Å². The van der Waals surface area contributed by atoms with Crippen LogP contribution in [0.4, 0.5) is 14.9 Å². The van der Waals surface area contributed by atoms with Crippen LogP contribution in [-0.4, -0.2) is 30.4 Å². The first-order valence-corrected chi connectivity index (χ1v) is 7.59. The van der Waals surface area contributed by atoms with Crippen molar-refractivity contribution < 1.29 is 19.0 Å². The van der Waals surface area contributed by atoms with Gasteiger partial charge in [-0.2, -0.15) is 0 Å². The number of aliphatic hydroxyl groups is 1. The molecular formula is C16H23FN2O3. The van der Waals surface area contributed by atoms with E-state index < -0.39 is 5.82 Å². The first-order valence-electron chi connectivity index (χ1n) is 7.59. The molecule has 5 nitrogen and oxygen atoms in total. The number of amides is 2. The number of benzene rings is 1. The minimum atomic E-state index is -0.418. The maximum atomic E-state index is 13.2. The zero-order chi connectivity index (χ0) is 16.2. The van der Waals surface area contributed by atoms with Gasteiger partial charge in [-0.15, -0.1) is 0 Å². The topological polar surface area (TPSA) is 70.6 Å². The molecule has 0 aromatic heterocycles. The molecular weight excluding hydrogens is 287 g/mol. The predicted molar refractivity (Wildman–Crippen MR) is 82.6 cm³/mol. The lowest BCUT2D eigenvalue weighted by Gasteiger charge is -2.30. The highest BCUT2D eigenvalue weighted by molar-refractivity contribution is 5.91. The quantitative estimate of drug-likeness (QED) is 0.783. The van der Waals surface area contributed by atoms with Gasteiger partial charge in [0.2, 0.25) is 0 Å². The van der Waals surface area contributed by atoms with E-state index in [1.54, 1.807) is 6.92 Å². The van der Waals surface area contributed by atoms with E-state index in [1.165, 1.54) is 18.2 Å². The van der Waals surface area contributed by atoms with Crippen LogP contribution in [0.15, 0.2) is 18.2 Å². The van der Waals surface area contributed by atoms with Crippen molar-refractivity contribution in [2.75, 3.05) is 18.5 Å². The van der Waals surface area contributed by atoms with Crippen molar-refractivity contribution in [3.63, 3.8) is 0 Å². The monoisotopic (exact) mass is 310 g/mol. The Labute approximate surface area is 129 Å². The van der Waals surface area contributed by atoms with E-state index >= 15 is 0 Å². The zero-order valence-corrected chi connectivity index (χ0v) is 13.0. The molecule has 22 heavy (non-hydrogen) atoms. The molecule has 1 aliphatic carbocycles. The van der Waals surface area contributed by atoms with Crippen LogP contribution in [0, 0.1) is 11.2 Å². The van der Waals surface area contributed by atoms with E-state index in [0.29, 0.717) is 18.0 Å². The fraction of sp³-hybridized carbons (Fsp3) is 0.562. The van der Waals surface area contributed by atoms with Gasteiger partial charge in [0.25, 0.3) is 0 Å². The Bertz CT molecular complexity index is 538. The summed E-state index contributed by atoms with van der Waals surface area (Å²) >= 11 is 0. The van der Waals surface area contributed by atoms with E-state index in [0.717, 1.165) is 19.3 Å². The van der Waals surface area contributed by atoms with Crippen molar-refractivity contribution in [1.29, 1.82) is 0 Å². The number of rotatable bonds is 5. The average Bonchev–Trinajstić information content (AvgIpc) is 2.84. The summed E-state index contributed by atoms with van der Waals surface area (Å²) in [6.07, 6.45) is 2.70. The molecule has 0 saturated heterocycles. The Morgan fingerprint density at radius 3 is 3.00 bits per heavy atom. The summed E-state index contributed by atoms with van der Waals surface area (Å²) in [5, 5.41) is 15.1. The molecule has 0 aliphatic heterocycles. The van der Waals surface area contributed by atoms with Crippen LogP contribution in [0.2, 0.25) is 0 Å². The maximum absolute atomic E-state index is 13.2. The Morgan fingerprint density at radius 2 is 2.32 bits per heavy atom. The molecule has 2 amide bonds. The van der Waals surface area contributed by atoms with E-state index in [4.69, 9.17) is 4.74 Å². The van der Waals surface area contributed by atoms with Crippen LogP contribution >= 0.6 is 0 Å². The highest BCUT2D eigenvalue weighted by atomic mass is 19.1. The van der Waals surface area contributed by atoms with Gasteiger partial charge >= 0.3 is 6.03 Å². The van der Waals surface area contributed by atoms with E-state index in [2.05, 4.69) is 10.6 Å². The van der Waals surface area contributed by atoms with Crippen LogP contribution in [0.25, 0.3) is 0 Å². The summed E-state index contributed by atoms with van der Waals surface area (Å²) in [6.45, 7) is 4.18. The van der Waals surface area contributed by atoms with Crippen LogP contribution in [0.1, 0.15) is 33.1 Å². The fourth-order valence-electron chi connectivity index (χ4n) is 2.86. The molecule has 1 saturated carbocycles. The first kappa shape index (κ1) is 16.5. The standard InChI is InChI=1S/C16H23FN2O3/c1-3-22-13-9-11(17)6-7-12(13)18-15(21)19-14-5-4-8-16(14,2)10-20/h6-7,9,14,20H,3-5,8,10H2,1-2H3,(H2,18,19,21). The second-order valence-electron chi connectivity index (χ2n) is 5.93. The molecule has 1 aromatic carbocycles. The smallest absolute Gasteiger partial charge is 0.319 e. The van der Waals surface area contributed by atoms with Crippen molar-refractivity contribution in [2.45, 2.75) is 39.2 Å². The third-order valence-electron chi connectivity index (χ3n) is 4.24. The van der Waals surface area contributed by atoms with E-state index in [-0.39, 0.29) is 24.1 Å². The summed E-state index contributed by atoms with van der Waals surface area (Å²) in [7, 11) is 0. The number of ether oxygens (including phenoxy) is 1. The predicted octanol–water partition coefficient (Wildman–Crippen LogP) is 2.90. The molecule has 0 radical (unpaired) electrons. The lowest BCUT2D eigenvalue weighted by atomic mass is 9.86. The van der Waals surface area contributed by atoms with Crippen molar-refractivity contribution in [1.82, 2.24) is 5.32 Å². The van der Waals surface area contributed by atoms with Crippen LogP contribution in [0.3, 0.4) is 0 Å². The lowest BCUT2D eigenvalue weighted by molar-refractivity contribution is 0.122. The molecule has 0 bridgehead atoms. The third kappa shape index (κ3) is 3.68. The number of aliphatic hydroxyl groups excluding tert-OH is 1. The largest absolute Gasteiger partial charge is 0.492 e. The van der Waals surface area contributed by atoms with Crippen LogP contribution in [-0.2, 0) is 0 Å². The Hall–Kier alpha value is -1.82. The van der Waals surface area contributed by atoms with Gasteiger partial charge in [-0.1, -0.05) is 13.3 Å². The molecule has 2 atom stereocenters. The van der Waals surface area contributed by atoms with E-state index in [9.17, 15) is 14.3 Å². The average molecular weight is 310 g/mol. The van der Waals surface area contributed by atoms with Crippen LogP contribution in [0.5, 0.6) is 5.75 Å². The minimum Gasteiger partial charge on any atom is -0.492 e. The summed E-state index contributed by atoms with van der Waals surface area (Å²) in [5.41, 5.74) is 0.132.